The highest BCUT2D eigenvalue weighted by Crippen LogP contribution is 2.34. The van der Waals surface area contributed by atoms with Crippen molar-refractivity contribution in [2.24, 2.45) is 5.16 Å². The molecule has 2 atom stereocenters. The van der Waals surface area contributed by atoms with Crippen molar-refractivity contribution in [3.8, 4) is 0 Å². The van der Waals surface area contributed by atoms with Crippen molar-refractivity contribution in [3.63, 3.8) is 0 Å². The maximum Gasteiger partial charge on any atom is 0.142 e. The number of thioether (sulfide) groups is 1. The van der Waals surface area contributed by atoms with Gasteiger partial charge in [0.25, 0.3) is 0 Å². The highest BCUT2D eigenvalue weighted by molar-refractivity contribution is 8.00. The van der Waals surface area contributed by atoms with Gasteiger partial charge in [-0.15, -0.1) is 11.8 Å². The van der Waals surface area contributed by atoms with Crippen LogP contribution in [-0.2, 0) is 16.9 Å². The van der Waals surface area contributed by atoms with Gasteiger partial charge in [-0.25, -0.2) is 0 Å². The van der Waals surface area contributed by atoms with E-state index < -0.39 is 0 Å². The van der Waals surface area contributed by atoms with E-state index in [2.05, 4.69) is 50.2 Å². The van der Waals surface area contributed by atoms with Crippen molar-refractivity contribution < 1.29 is 9.94 Å². The summed E-state index contributed by atoms with van der Waals surface area (Å²) in [5, 5.41) is 14.9. The van der Waals surface area contributed by atoms with Gasteiger partial charge in [-0.1, -0.05) is 68.4 Å². The Hall–Kier alpha value is -1.78. The monoisotopic (exact) mass is 383 g/mol. The molecule has 0 radical (unpaired) electrons. The molecule has 0 heterocycles. The van der Waals surface area contributed by atoms with E-state index in [9.17, 15) is 5.11 Å². The Labute approximate surface area is 166 Å². The molecule has 1 saturated carbocycles. The molecule has 2 aromatic rings. The minimum atomic E-state index is -0.384. The Morgan fingerprint density at radius 1 is 1.07 bits per heavy atom. The van der Waals surface area contributed by atoms with Crippen LogP contribution < -0.4 is 0 Å². The highest BCUT2D eigenvalue weighted by atomic mass is 32.2. The topological polar surface area (TPSA) is 41.8 Å². The minimum Gasteiger partial charge on any atom is -0.392 e. The van der Waals surface area contributed by atoms with Crippen molar-refractivity contribution in [1.82, 2.24) is 0 Å². The van der Waals surface area contributed by atoms with Crippen LogP contribution in [0.25, 0.3) is 0 Å². The third kappa shape index (κ3) is 5.60. The van der Waals surface area contributed by atoms with Gasteiger partial charge >= 0.3 is 0 Å². The van der Waals surface area contributed by atoms with Gasteiger partial charge in [-0.05, 0) is 47.9 Å². The van der Waals surface area contributed by atoms with Gasteiger partial charge in [-0.3, -0.25) is 0 Å². The molecule has 1 aliphatic carbocycles. The first-order chi connectivity index (χ1) is 12.9. The van der Waals surface area contributed by atoms with Crippen LogP contribution >= 0.6 is 11.8 Å². The van der Waals surface area contributed by atoms with Crippen molar-refractivity contribution in [2.45, 2.75) is 68.3 Å². The number of benzene rings is 2. The molecular weight excluding hydrogens is 354 g/mol. The first-order valence-electron chi connectivity index (χ1n) is 9.61. The number of hydrogen-bond acceptors (Lipinski definition) is 4. The Morgan fingerprint density at radius 2 is 1.78 bits per heavy atom. The lowest BCUT2D eigenvalue weighted by Crippen LogP contribution is -2.35. The molecule has 0 bridgehead atoms. The van der Waals surface area contributed by atoms with Crippen LogP contribution in [0.5, 0.6) is 0 Å². The molecule has 0 unspecified atom stereocenters. The molecule has 0 saturated heterocycles. The molecule has 1 N–H and O–H groups in total. The summed E-state index contributed by atoms with van der Waals surface area (Å²) in [5.74, 6) is 0. The lowest BCUT2D eigenvalue weighted by molar-refractivity contribution is 0.122. The number of aliphatic hydroxyl groups is 1. The maximum absolute atomic E-state index is 10.5. The Balaban J connectivity index is 1.67. The van der Waals surface area contributed by atoms with E-state index in [0.717, 1.165) is 35.4 Å². The molecule has 1 aliphatic rings. The smallest absolute Gasteiger partial charge is 0.142 e. The molecule has 144 valence electrons. The molecule has 0 aromatic heterocycles. The second-order valence-electron chi connectivity index (χ2n) is 8.11. The predicted molar refractivity (Wildman–Crippen MR) is 113 cm³/mol. The van der Waals surface area contributed by atoms with Crippen molar-refractivity contribution in [2.75, 3.05) is 0 Å². The number of hydrogen-bond donors (Lipinski definition) is 1. The third-order valence-corrected chi connectivity index (χ3v) is 6.23. The van der Waals surface area contributed by atoms with E-state index in [0.29, 0.717) is 6.61 Å². The standard InChI is InChI=1S/C23H29NO2S/c1-23(2,3)18-12-14-19(15-13-18)27-22-20(10-7-11-21(22)25)24-26-16-17-8-5-4-6-9-17/h4-6,8-9,12-15,21-22,25H,7,10-11,16H2,1-3H3/b24-20+/t21-,22-/m1/s1. The Kier molecular flexibility index (Phi) is 6.61. The minimum absolute atomic E-state index is 0.0463. The SMILES string of the molecule is CC(C)(C)c1ccc(S[C@@H]2/C(=N/OCc3ccccc3)CCC[C@H]2O)cc1. The van der Waals surface area contributed by atoms with Crippen LogP contribution in [0.4, 0.5) is 0 Å². The number of nitrogens with zero attached hydrogens (tertiary/aromatic N) is 1. The van der Waals surface area contributed by atoms with Crippen LogP contribution in [-0.4, -0.2) is 22.2 Å². The molecule has 3 rings (SSSR count). The zero-order valence-electron chi connectivity index (χ0n) is 16.4. The molecule has 3 nitrogen and oxygen atoms in total. The van der Waals surface area contributed by atoms with Crippen LogP contribution in [0, 0.1) is 0 Å². The summed E-state index contributed by atoms with van der Waals surface area (Å²) in [6.45, 7) is 7.11. The maximum atomic E-state index is 10.5. The number of rotatable bonds is 5. The zero-order valence-corrected chi connectivity index (χ0v) is 17.2. The fraction of sp³-hybridized carbons (Fsp3) is 0.435. The van der Waals surface area contributed by atoms with E-state index >= 15 is 0 Å². The summed E-state index contributed by atoms with van der Waals surface area (Å²) >= 11 is 1.69. The lowest BCUT2D eigenvalue weighted by Gasteiger charge is -2.28. The van der Waals surface area contributed by atoms with Crippen LogP contribution in [0.15, 0.2) is 64.6 Å². The summed E-state index contributed by atoms with van der Waals surface area (Å²) in [4.78, 5) is 6.76. The first kappa shape index (κ1) is 20.0. The van der Waals surface area contributed by atoms with Crippen molar-refractivity contribution in [3.05, 3.63) is 65.7 Å². The molecule has 0 aliphatic heterocycles. The first-order valence-corrected chi connectivity index (χ1v) is 10.5. The fourth-order valence-electron chi connectivity index (χ4n) is 3.20. The summed E-state index contributed by atoms with van der Waals surface area (Å²) in [7, 11) is 0. The summed E-state index contributed by atoms with van der Waals surface area (Å²) < 4.78 is 0. The fourth-order valence-corrected chi connectivity index (χ4v) is 4.37. The van der Waals surface area contributed by atoms with E-state index in [-0.39, 0.29) is 16.8 Å². The molecule has 0 amide bonds. The molecule has 0 spiro atoms. The van der Waals surface area contributed by atoms with Gasteiger partial charge < -0.3 is 9.94 Å². The summed E-state index contributed by atoms with van der Waals surface area (Å²) in [6.07, 6.45) is 2.26. The van der Waals surface area contributed by atoms with Crippen LogP contribution in [0.3, 0.4) is 0 Å². The van der Waals surface area contributed by atoms with Crippen LogP contribution in [0.2, 0.25) is 0 Å². The zero-order chi connectivity index (χ0) is 19.3. The van der Waals surface area contributed by atoms with Gasteiger partial charge in [0.2, 0.25) is 0 Å². The second kappa shape index (κ2) is 8.94. The second-order valence-corrected chi connectivity index (χ2v) is 9.33. The Morgan fingerprint density at radius 3 is 2.44 bits per heavy atom. The number of aliphatic hydroxyl groups excluding tert-OH is 1. The van der Waals surface area contributed by atoms with E-state index in [1.807, 2.05) is 30.3 Å². The lowest BCUT2D eigenvalue weighted by atomic mass is 9.87. The molecular formula is C23H29NO2S. The molecule has 4 heteroatoms. The molecule has 1 fully saturated rings. The van der Waals surface area contributed by atoms with Crippen molar-refractivity contribution >= 4 is 17.5 Å². The predicted octanol–water partition coefficient (Wildman–Crippen LogP) is 5.56. The van der Waals surface area contributed by atoms with E-state index in [4.69, 9.17) is 4.84 Å². The van der Waals surface area contributed by atoms with E-state index in [1.54, 1.807) is 11.8 Å². The molecule has 2 aromatic carbocycles. The largest absolute Gasteiger partial charge is 0.392 e. The van der Waals surface area contributed by atoms with Crippen molar-refractivity contribution in [1.29, 1.82) is 0 Å². The van der Waals surface area contributed by atoms with Gasteiger partial charge in [0, 0.05) is 4.90 Å². The van der Waals surface area contributed by atoms with E-state index in [1.165, 1.54) is 5.56 Å². The quantitative estimate of drug-likeness (QED) is 0.687. The van der Waals surface area contributed by atoms with Gasteiger partial charge in [0.15, 0.2) is 0 Å². The highest BCUT2D eigenvalue weighted by Gasteiger charge is 2.30. The van der Waals surface area contributed by atoms with Crippen LogP contribution in [0.1, 0.15) is 51.2 Å². The van der Waals surface area contributed by atoms with Gasteiger partial charge in [0.1, 0.15) is 6.61 Å². The third-order valence-electron chi connectivity index (χ3n) is 4.85. The van der Waals surface area contributed by atoms with Gasteiger partial charge in [-0.2, -0.15) is 0 Å². The summed E-state index contributed by atoms with van der Waals surface area (Å²) in [5.41, 5.74) is 3.51. The van der Waals surface area contributed by atoms with Gasteiger partial charge in [0.05, 0.1) is 17.1 Å². The Bertz CT molecular complexity index is 750. The summed E-state index contributed by atoms with van der Waals surface area (Å²) in [6, 6.07) is 18.7. The average molecular weight is 384 g/mol. The molecule has 27 heavy (non-hydrogen) atoms. The average Bonchev–Trinajstić information content (AvgIpc) is 2.65. The normalized spacial score (nSPS) is 22.0. The number of oxime groups is 1.